The van der Waals surface area contributed by atoms with Gasteiger partial charge in [0.25, 0.3) is 0 Å². The van der Waals surface area contributed by atoms with E-state index < -0.39 is 0 Å². The fraction of sp³-hybridized carbons (Fsp3) is 0.600. The first kappa shape index (κ1) is 13.4. The molecule has 1 aliphatic carbocycles. The highest BCUT2D eigenvalue weighted by atomic mass is 16.3. The van der Waals surface area contributed by atoms with Crippen LogP contribution in [0.15, 0.2) is 18.3 Å². The molecule has 0 spiro atoms. The molecule has 1 aliphatic rings. The summed E-state index contributed by atoms with van der Waals surface area (Å²) in [6.07, 6.45) is 6.75. The predicted molar refractivity (Wildman–Crippen MR) is 78.7 cm³/mol. The molecule has 0 aliphatic heterocycles. The molecule has 1 fully saturated rings. The van der Waals surface area contributed by atoms with Crippen molar-refractivity contribution in [2.75, 3.05) is 18.5 Å². The number of hydrogen-bond donors (Lipinski definition) is 2. The van der Waals surface area contributed by atoms with Gasteiger partial charge in [0.15, 0.2) is 5.65 Å². The van der Waals surface area contributed by atoms with Gasteiger partial charge in [-0.15, -0.1) is 5.10 Å². The molecule has 0 bridgehead atoms. The lowest BCUT2D eigenvalue weighted by Gasteiger charge is -2.30. The summed E-state index contributed by atoms with van der Waals surface area (Å²) in [5, 5.41) is 17.2. The largest absolute Gasteiger partial charge is 0.396 e. The van der Waals surface area contributed by atoms with Crippen molar-refractivity contribution >= 4 is 11.6 Å². The normalized spacial score (nSPS) is 23.1. The Morgan fingerprint density at radius 1 is 1.35 bits per heavy atom. The second-order valence-corrected chi connectivity index (χ2v) is 5.76. The number of nitrogens with one attached hydrogen (secondary N) is 1. The van der Waals surface area contributed by atoms with Crippen LogP contribution < -0.4 is 5.32 Å². The summed E-state index contributed by atoms with van der Waals surface area (Å²) in [6, 6.07) is 4.01. The zero-order valence-corrected chi connectivity index (χ0v) is 11.9. The molecule has 1 saturated carbocycles. The molecule has 2 aromatic heterocycles. The molecule has 0 radical (unpaired) electrons. The Bertz CT molecular complexity index is 580. The van der Waals surface area contributed by atoms with E-state index in [-0.39, 0.29) is 0 Å². The number of nitrogens with zero attached hydrogens (tertiary/aromatic N) is 3. The van der Waals surface area contributed by atoms with Crippen molar-refractivity contribution in [1.82, 2.24) is 14.6 Å². The lowest BCUT2D eigenvalue weighted by atomic mass is 9.80. The molecule has 0 aromatic carbocycles. The van der Waals surface area contributed by atoms with Gasteiger partial charge in [0.05, 0.1) is 0 Å². The van der Waals surface area contributed by atoms with Crippen molar-refractivity contribution < 1.29 is 5.11 Å². The van der Waals surface area contributed by atoms with Gasteiger partial charge in [0.2, 0.25) is 5.95 Å². The highest BCUT2D eigenvalue weighted by Gasteiger charge is 2.24. The third-order valence-corrected chi connectivity index (χ3v) is 4.38. The molecule has 2 aromatic rings. The van der Waals surface area contributed by atoms with E-state index in [9.17, 15) is 5.11 Å². The quantitative estimate of drug-likeness (QED) is 0.897. The lowest BCUT2D eigenvalue weighted by molar-refractivity contribution is 0.141. The van der Waals surface area contributed by atoms with Gasteiger partial charge in [-0.25, -0.2) is 4.52 Å². The van der Waals surface area contributed by atoms with Gasteiger partial charge in [-0.05, 0) is 43.2 Å². The van der Waals surface area contributed by atoms with Crippen LogP contribution in [0.3, 0.4) is 0 Å². The van der Waals surface area contributed by atoms with Crippen molar-refractivity contribution in [3.05, 3.63) is 23.9 Å². The maximum absolute atomic E-state index is 9.45. The number of aliphatic hydroxyl groups is 1. The van der Waals surface area contributed by atoms with Crippen LogP contribution >= 0.6 is 0 Å². The van der Waals surface area contributed by atoms with Gasteiger partial charge < -0.3 is 10.4 Å². The molecule has 0 saturated heterocycles. The lowest BCUT2D eigenvalue weighted by Crippen LogP contribution is -2.28. The van der Waals surface area contributed by atoms with E-state index in [1.54, 1.807) is 0 Å². The predicted octanol–water partition coefficient (Wildman–Crippen LogP) is 2.25. The third-order valence-electron chi connectivity index (χ3n) is 4.38. The summed E-state index contributed by atoms with van der Waals surface area (Å²) < 4.78 is 1.81. The van der Waals surface area contributed by atoms with Crippen LogP contribution in [0, 0.1) is 18.8 Å². The topological polar surface area (TPSA) is 62.5 Å². The number of aliphatic hydroxyl groups excluding tert-OH is 1. The zero-order chi connectivity index (χ0) is 13.9. The summed E-state index contributed by atoms with van der Waals surface area (Å²) >= 11 is 0. The molecular formula is C15H22N4O. The third kappa shape index (κ3) is 2.63. The van der Waals surface area contributed by atoms with E-state index in [0.717, 1.165) is 24.2 Å². The first-order valence-corrected chi connectivity index (χ1v) is 7.44. The molecule has 2 unspecified atom stereocenters. The number of fused-ring (bicyclic) bond motifs is 1. The fourth-order valence-electron chi connectivity index (χ4n) is 3.13. The number of rotatable bonds is 4. The highest BCUT2D eigenvalue weighted by Crippen LogP contribution is 2.29. The zero-order valence-electron chi connectivity index (χ0n) is 11.9. The van der Waals surface area contributed by atoms with Crippen molar-refractivity contribution in [3.63, 3.8) is 0 Å². The summed E-state index contributed by atoms with van der Waals surface area (Å²) in [5.41, 5.74) is 2.02. The molecular weight excluding hydrogens is 252 g/mol. The average molecular weight is 274 g/mol. The Hall–Kier alpha value is -1.62. The highest BCUT2D eigenvalue weighted by molar-refractivity contribution is 5.49. The second kappa shape index (κ2) is 5.79. The minimum absolute atomic E-state index is 0.296. The molecule has 3 rings (SSSR count). The summed E-state index contributed by atoms with van der Waals surface area (Å²) in [4.78, 5) is 4.53. The van der Waals surface area contributed by atoms with Crippen LogP contribution in [-0.4, -0.2) is 32.9 Å². The van der Waals surface area contributed by atoms with Crippen LogP contribution in [0.4, 0.5) is 5.95 Å². The van der Waals surface area contributed by atoms with Gasteiger partial charge in [0, 0.05) is 19.3 Å². The Morgan fingerprint density at radius 3 is 2.90 bits per heavy atom. The van der Waals surface area contributed by atoms with Crippen molar-refractivity contribution in [2.45, 2.75) is 32.6 Å². The van der Waals surface area contributed by atoms with E-state index in [0.29, 0.717) is 24.4 Å². The number of aromatic nitrogens is 3. The van der Waals surface area contributed by atoms with E-state index >= 15 is 0 Å². The Morgan fingerprint density at radius 2 is 2.15 bits per heavy atom. The maximum Gasteiger partial charge on any atom is 0.243 e. The van der Waals surface area contributed by atoms with Gasteiger partial charge in [-0.2, -0.15) is 4.98 Å². The molecule has 5 nitrogen and oxygen atoms in total. The molecule has 2 atom stereocenters. The number of pyridine rings is 1. The Labute approximate surface area is 119 Å². The number of anilines is 1. The first-order chi connectivity index (χ1) is 9.78. The van der Waals surface area contributed by atoms with E-state index in [4.69, 9.17) is 0 Å². The van der Waals surface area contributed by atoms with E-state index in [1.165, 1.54) is 19.3 Å². The maximum atomic E-state index is 9.45. The smallest absolute Gasteiger partial charge is 0.243 e. The molecule has 2 N–H and O–H groups in total. The number of hydrogen-bond acceptors (Lipinski definition) is 4. The van der Waals surface area contributed by atoms with E-state index in [1.807, 2.05) is 29.8 Å². The molecule has 0 amide bonds. The van der Waals surface area contributed by atoms with Crippen LogP contribution in [-0.2, 0) is 0 Å². The summed E-state index contributed by atoms with van der Waals surface area (Å²) in [6.45, 7) is 3.18. The minimum atomic E-state index is 0.296. The Kier molecular flexibility index (Phi) is 3.87. The summed E-state index contributed by atoms with van der Waals surface area (Å²) in [5.74, 6) is 1.64. The van der Waals surface area contributed by atoms with Gasteiger partial charge >= 0.3 is 0 Å². The molecule has 2 heterocycles. The van der Waals surface area contributed by atoms with Crippen LogP contribution in [0.2, 0.25) is 0 Å². The van der Waals surface area contributed by atoms with Gasteiger partial charge in [-0.3, -0.25) is 0 Å². The monoisotopic (exact) mass is 274 g/mol. The van der Waals surface area contributed by atoms with Crippen LogP contribution in [0.25, 0.3) is 5.65 Å². The van der Waals surface area contributed by atoms with Crippen LogP contribution in [0.5, 0.6) is 0 Å². The minimum Gasteiger partial charge on any atom is -0.396 e. The van der Waals surface area contributed by atoms with Crippen molar-refractivity contribution in [3.8, 4) is 0 Å². The average Bonchev–Trinajstić information content (AvgIpc) is 2.90. The first-order valence-electron chi connectivity index (χ1n) is 7.44. The molecule has 20 heavy (non-hydrogen) atoms. The fourth-order valence-corrected chi connectivity index (χ4v) is 3.13. The molecule has 108 valence electrons. The van der Waals surface area contributed by atoms with Gasteiger partial charge in [-0.1, -0.05) is 18.9 Å². The Balaban J connectivity index is 1.68. The number of aryl methyl sites for hydroxylation is 1. The van der Waals surface area contributed by atoms with Crippen molar-refractivity contribution in [2.24, 2.45) is 11.8 Å². The van der Waals surface area contributed by atoms with Gasteiger partial charge in [0.1, 0.15) is 0 Å². The van der Waals surface area contributed by atoms with E-state index in [2.05, 4.69) is 15.4 Å². The van der Waals surface area contributed by atoms with Crippen LogP contribution in [0.1, 0.15) is 31.2 Å². The summed E-state index contributed by atoms with van der Waals surface area (Å²) in [7, 11) is 0. The standard InChI is InChI=1S/C15H22N4O/c1-11-5-4-8-19-14(11)17-15(18-19)16-9-12-6-2-3-7-13(12)10-20/h4-5,8,12-13,20H,2-3,6-7,9-10H2,1H3,(H,16,18). The SMILES string of the molecule is Cc1cccn2nc(NCC3CCCCC3CO)nc12. The molecule has 5 heteroatoms. The second-order valence-electron chi connectivity index (χ2n) is 5.76. The van der Waals surface area contributed by atoms with Crippen molar-refractivity contribution in [1.29, 1.82) is 0 Å².